The van der Waals surface area contributed by atoms with Crippen LogP contribution in [-0.4, -0.2) is 106 Å². The average molecular weight is 551 g/mol. The molecule has 0 unspecified atom stereocenters. The summed E-state index contributed by atoms with van der Waals surface area (Å²) in [4.78, 5) is 25.2. The Morgan fingerprint density at radius 3 is 2.36 bits per heavy atom. The Kier molecular flexibility index (Phi) is 9.02. The molecule has 0 spiro atoms. The molecule has 4 rings (SSSR count). The van der Waals surface area contributed by atoms with Crippen LogP contribution in [0.3, 0.4) is 0 Å². The van der Waals surface area contributed by atoms with Gasteiger partial charge in [-0.3, -0.25) is 0 Å². The molecule has 0 aromatic heterocycles. The molecule has 0 radical (unpaired) electrons. The minimum absolute atomic E-state index is 0.00355. The molecule has 1 aliphatic carbocycles. The van der Waals surface area contributed by atoms with Crippen LogP contribution < -0.4 is 0 Å². The van der Waals surface area contributed by atoms with Gasteiger partial charge in [-0.1, -0.05) is 12.1 Å². The Morgan fingerprint density at radius 2 is 1.72 bits per heavy atom. The van der Waals surface area contributed by atoms with Crippen LogP contribution in [0.4, 0.5) is 0 Å². The average Bonchev–Trinajstić information content (AvgIpc) is 3.31. The fraction of sp³-hybridized carbons (Fsp3) is 0.462. The first-order valence-corrected chi connectivity index (χ1v) is 12.1. The molecule has 6 N–H and O–H groups in total. The smallest absolute Gasteiger partial charge is 0.337 e. The van der Waals surface area contributed by atoms with Crippen molar-refractivity contribution in [2.75, 3.05) is 20.3 Å². The summed E-state index contributed by atoms with van der Waals surface area (Å²) in [6.07, 6.45) is -5.04. The van der Waals surface area contributed by atoms with Crippen LogP contribution in [0.1, 0.15) is 5.56 Å². The predicted octanol–water partition coefficient (Wildman–Crippen LogP) is -1.29. The van der Waals surface area contributed by atoms with E-state index in [9.17, 15) is 40.2 Å². The highest BCUT2D eigenvalue weighted by molar-refractivity contribution is 5.90. The number of carbonyl (C=O) groups is 2. The van der Waals surface area contributed by atoms with E-state index in [2.05, 4.69) is 0 Å². The Hall–Kier alpha value is -3.30. The van der Waals surface area contributed by atoms with Crippen LogP contribution in [0.25, 0.3) is 6.08 Å². The zero-order chi connectivity index (χ0) is 28.3. The van der Waals surface area contributed by atoms with E-state index in [-0.39, 0.29) is 11.3 Å². The van der Waals surface area contributed by atoms with Gasteiger partial charge in [0.2, 0.25) is 6.29 Å². The number of aromatic hydroxyl groups is 1. The number of methoxy groups -OCH3 is 1. The minimum atomic E-state index is -1.72. The second-order valence-electron chi connectivity index (χ2n) is 9.18. The number of aliphatic hydroxyl groups is 5. The van der Waals surface area contributed by atoms with E-state index in [1.54, 1.807) is 12.1 Å². The summed E-state index contributed by atoms with van der Waals surface area (Å²) in [5.41, 5.74) is 0.912. The van der Waals surface area contributed by atoms with E-state index in [0.29, 0.717) is 11.1 Å². The quantitative estimate of drug-likeness (QED) is 0.127. The largest absolute Gasteiger partial charge is 0.508 e. The second-order valence-corrected chi connectivity index (χ2v) is 9.18. The van der Waals surface area contributed by atoms with Gasteiger partial charge in [-0.2, -0.15) is 0 Å². The molecule has 3 aliphatic rings. The summed E-state index contributed by atoms with van der Waals surface area (Å²) in [6, 6.07) is 6.08. The number of ether oxygens (including phenoxy) is 5. The molecule has 1 aromatic carbocycles. The third kappa shape index (κ3) is 5.99. The number of phenolic OH excluding ortho intramolecular Hbond substituents is 1. The van der Waals surface area contributed by atoms with Crippen molar-refractivity contribution in [2.24, 2.45) is 11.8 Å². The molecule has 2 aliphatic heterocycles. The number of esters is 2. The van der Waals surface area contributed by atoms with Gasteiger partial charge in [0.1, 0.15) is 36.3 Å². The molecular formula is C26H30O13. The maximum absolute atomic E-state index is 12.7. The number of rotatable bonds is 8. The summed E-state index contributed by atoms with van der Waals surface area (Å²) in [5, 5.41) is 59.5. The monoisotopic (exact) mass is 550 g/mol. The van der Waals surface area contributed by atoms with Gasteiger partial charge in [0.05, 0.1) is 38.1 Å². The molecule has 13 heteroatoms. The van der Waals surface area contributed by atoms with Crippen molar-refractivity contribution in [2.45, 2.75) is 43.1 Å². The summed E-state index contributed by atoms with van der Waals surface area (Å²) < 4.78 is 27.2. The number of phenols is 1. The topological polar surface area (TPSA) is 202 Å². The van der Waals surface area contributed by atoms with E-state index < -0.39 is 80.1 Å². The highest BCUT2D eigenvalue weighted by atomic mass is 16.8. The first-order chi connectivity index (χ1) is 18.7. The van der Waals surface area contributed by atoms with Crippen molar-refractivity contribution in [3.63, 3.8) is 0 Å². The van der Waals surface area contributed by atoms with Crippen LogP contribution in [0, 0.1) is 11.8 Å². The zero-order valence-corrected chi connectivity index (χ0v) is 20.8. The molecule has 1 saturated heterocycles. The summed E-state index contributed by atoms with van der Waals surface area (Å²) in [7, 11) is 1.16. The van der Waals surface area contributed by atoms with E-state index in [0.717, 1.165) is 19.4 Å². The number of aliphatic hydroxyl groups excluding tert-OH is 5. The Balaban J connectivity index is 1.56. The summed E-state index contributed by atoms with van der Waals surface area (Å²) in [6.45, 7) is -1.20. The minimum Gasteiger partial charge on any atom is -0.508 e. The lowest BCUT2D eigenvalue weighted by Crippen LogP contribution is -2.60. The molecule has 13 nitrogen and oxygen atoms in total. The molecule has 39 heavy (non-hydrogen) atoms. The molecule has 1 aromatic rings. The van der Waals surface area contributed by atoms with Crippen LogP contribution >= 0.6 is 0 Å². The lowest BCUT2D eigenvalue weighted by molar-refractivity contribution is -0.340. The van der Waals surface area contributed by atoms with Crippen molar-refractivity contribution in [3.05, 3.63) is 59.4 Å². The highest BCUT2D eigenvalue weighted by Gasteiger charge is 2.53. The maximum Gasteiger partial charge on any atom is 0.337 e. The van der Waals surface area contributed by atoms with Crippen LogP contribution in [0.15, 0.2) is 53.8 Å². The number of carbonyl (C=O) groups excluding carboxylic acids is 2. The zero-order valence-electron chi connectivity index (χ0n) is 20.8. The Labute approximate surface area is 222 Å². The molecule has 1 fully saturated rings. The van der Waals surface area contributed by atoms with Crippen LogP contribution in [-0.2, 0) is 33.3 Å². The fourth-order valence-corrected chi connectivity index (χ4v) is 4.80. The van der Waals surface area contributed by atoms with Gasteiger partial charge in [-0.05, 0) is 35.4 Å². The standard InChI is InChI=1S/C26H30O13/c1-35-24(34)15-11-36-25(39-26-23(33)22(32)21(31)17(10-28)38-26)19-13(9-27)8-16(20(15)19)37-18(30)7-4-12-2-5-14(29)6-3-12/h2-8,11,16-17,19-23,25-29,31-33H,9-10H2,1H3/t16-,17+,19+,20-,21+,22-,23+,25+,26-/m1/s1. The molecule has 212 valence electrons. The molecule has 9 atom stereocenters. The van der Waals surface area contributed by atoms with E-state index in [4.69, 9.17) is 23.7 Å². The summed E-state index contributed by atoms with van der Waals surface area (Å²) >= 11 is 0. The number of hydrogen-bond acceptors (Lipinski definition) is 13. The molecule has 0 amide bonds. The van der Waals surface area contributed by atoms with Crippen LogP contribution in [0.5, 0.6) is 5.75 Å². The molecule has 0 saturated carbocycles. The van der Waals surface area contributed by atoms with Crippen molar-refractivity contribution in [1.82, 2.24) is 0 Å². The Morgan fingerprint density at radius 1 is 1.00 bits per heavy atom. The van der Waals surface area contributed by atoms with Gasteiger partial charge in [-0.15, -0.1) is 0 Å². The van der Waals surface area contributed by atoms with E-state index in [1.165, 1.54) is 24.3 Å². The lowest BCUT2D eigenvalue weighted by atomic mass is 9.82. The third-order valence-corrected chi connectivity index (χ3v) is 6.81. The van der Waals surface area contributed by atoms with Gasteiger partial charge >= 0.3 is 11.9 Å². The number of benzene rings is 1. The predicted molar refractivity (Wildman–Crippen MR) is 129 cm³/mol. The molecule has 2 heterocycles. The van der Waals surface area contributed by atoms with Crippen molar-refractivity contribution in [1.29, 1.82) is 0 Å². The van der Waals surface area contributed by atoms with Crippen LogP contribution in [0.2, 0.25) is 0 Å². The van der Waals surface area contributed by atoms with Gasteiger partial charge < -0.3 is 54.3 Å². The normalized spacial score (nSPS) is 34.1. The van der Waals surface area contributed by atoms with Gasteiger partial charge in [0, 0.05) is 12.0 Å². The highest BCUT2D eigenvalue weighted by Crippen LogP contribution is 2.45. The van der Waals surface area contributed by atoms with Gasteiger partial charge in [0.25, 0.3) is 0 Å². The Bertz CT molecular complexity index is 1130. The summed E-state index contributed by atoms with van der Waals surface area (Å²) in [5.74, 6) is -3.31. The molecule has 0 bridgehead atoms. The second kappa shape index (κ2) is 12.3. The first kappa shape index (κ1) is 28.7. The number of fused-ring (bicyclic) bond motifs is 1. The van der Waals surface area contributed by atoms with Gasteiger partial charge in [0.15, 0.2) is 6.29 Å². The van der Waals surface area contributed by atoms with Crippen molar-refractivity contribution >= 4 is 18.0 Å². The SMILES string of the molecule is COC(=O)C1=CO[C@@H](O[C@H]2O[C@@H](CO)[C@H](O)[C@@H](O)[C@@H]2O)[C@H]2C(CO)=C[C@@H](OC(=O)C=Cc3ccc(O)cc3)[C@@H]12. The number of hydrogen-bond donors (Lipinski definition) is 6. The van der Waals surface area contributed by atoms with Gasteiger partial charge in [-0.25, -0.2) is 9.59 Å². The lowest BCUT2D eigenvalue weighted by Gasteiger charge is -2.43. The first-order valence-electron chi connectivity index (χ1n) is 12.1. The fourth-order valence-electron chi connectivity index (χ4n) is 4.80. The van der Waals surface area contributed by atoms with Crippen molar-refractivity contribution in [3.8, 4) is 5.75 Å². The van der Waals surface area contributed by atoms with E-state index in [1.807, 2.05) is 0 Å². The van der Waals surface area contributed by atoms with Crippen molar-refractivity contribution < 1.29 is 63.9 Å². The maximum atomic E-state index is 12.7. The molecular weight excluding hydrogens is 520 g/mol. The van der Waals surface area contributed by atoms with E-state index >= 15 is 0 Å². The third-order valence-electron chi connectivity index (χ3n) is 6.81.